The molecule has 0 aliphatic rings. The quantitative estimate of drug-likeness (QED) is 0.589. The Balaban J connectivity index is 0. The predicted octanol–water partition coefficient (Wildman–Crippen LogP) is 2.80. The molecule has 0 unspecified atom stereocenters. The van der Waals surface area contributed by atoms with Crippen LogP contribution >= 0.6 is 42.0 Å². The normalized spacial score (nSPS) is 6.67. The minimum atomic E-state index is -0.472. The maximum absolute atomic E-state index is 4.88. The van der Waals surface area contributed by atoms with Gasteiger partial charge in [0.05, 0.1) is 5.34 Å². The van der Waals surface area contributed by atoms with Crippen molar-refractivity contribution in [3.63, 3.8) is 0 Å². The fourth-order valence-corrected chi connectivity index (χ4v) is 0. The zero-order valence-corrected chi connectivity index (χ0v) is 7.83. The summed E-state index contributed by atoms with van der Waals surface area (Å²) in [5.74, 6) is 0. The predicted molar refractivity (Wildman–Crippen MR) is 28.3 cm³/mol. The third-order valence-corrected chi connectivity index (χ3v) is 0. The van der Waals surface area contributed by atoms with Crippen molar-refractivity contribution in [2.24, 2.45) is 0 Å². The van der Waals surface area contributed by atoms with Crippen molar-refractivity contribution in [1.82, 2.24) is 0 Å². The molecule has 0 N–H and O–H groups in total. The van der Waals surface area contributed by atoms with Gasteiger partial charge < -0.3 is 0 Å². The van der Waals surface area contributed by atoms with E-state index in [9.17, 15) is 0 Å². The van der Waals surface area contributed by atoms with E-state index in [-0.39, 0.29) is 5.34 Å². The second-order valence-corrected chi connectivity index (χ2v) is 4.24. The molecule has 0 aromatic rings. The topological polar surface area (TPSA) is 0 Å². The molecule has 0 saturated heterocycles. The van der Waals surface area contributed by atoms with Gasteiger partial charge in [0.25, 0.3) is 0 Å². The summed E-state index contributed by atoms with van der Waals surface area (Å²) >= 11 is 9.06. The molecule has 0 radical (unpaired) electrons. The SMILES string of the molecule is ClCCl.[Cl][Pt][Cl]. The Labute approximate surface area is 63.5 Å². The van der Waals surface area contributed by atoms with Crippen LogP contribution in [0, 0.1) is 0 Å². The van der Waals surface area contributed by atoms with Crippen molar-refractivity contribution in [3.05, 3.63) is 0 Å². The van der Waals surface area contributed by atoms with E-state index in [0.29, 0.717) is 0 Å². The second-order valence-electron chi connectivity index (χ2n) is 0.146. The summed E-state index contributed by atoms with van der Waals surface area (Å²) in [6.45, 7) is 0. The van der Waals surface area contributed by atoms with Gasteiger partial charge in [-0.05, 0) is 0 Å². The van der Waals surface area contributed by atoms with E-state index in [0.717, 1.165) is 0 Å². The molecule has 0 aliphatic heterocycles. The molecule has 0 atom stereocenters. The summed E-state index contributed by atoms with van der Waals surface area (Å²) in [6, 6.07) is 0. The Morgan fingerprint density at radius 1 is 1.17 bits per heavy atom. The van der Waals surface area contributed by atoms with Crippen molar-refractivity contribution in [1.29, 1.82) is 0 Å². The summed E-state index contributed by atoms with van der Waals surface area (Å²) in [5, 5.41) is 0.194. The van der Waals surface area contributed by atoms with Gasteiger partial charge in [0, 0.05) is 0 Å². The van der Waals surface area contributed by atoms with Crippen LogP contribution in [0.1, 0.15) is 0 Å². The molecule has 6 heavy (non-hydrogen) atoms. The number of alkyl halides is 2. The number of hydrogen-bond acceptors (Lipinski definition) is 0. The third kappa shape index (κ3) is 40.2. The first-order valence-corrected chi connectivity index (χ1v) is 7.47. The van der Waals surface area contributed by atoms with E-state index in [4.69, 9.17) is 42.0 Å². The van der Waals surface area contributed by atoms with Crippen LogP contribution in [0.3, 0.4) is 0 Å². The molecule has 0 heterocycles. The fraction of sp³-hybridized carbons (Fsp3) is 1.00. The molecule has 5 heteroatoms. The van der Waals surface area contributed by atoms with Crippen LogP contribution in [0.5, 0.6) is 0 Å². The number of rotatable bonds is 0. The molecule has 0 fully saturated rings. The first kappa shape index (κ1) is 10.8. The van der Waals surface area contributed by atoms with Gasteiger partial charge in [0.15, 0.2) is 0 Å². The second kappa shape index (κ2) is 15.8. The van der Waals surface area contributed by atoms with Crippen molar-refractivity contribution < 1.29 is 16.5 Å². The Morgan fingerprint density at radius 3 is 1.17 bits per heavy atom. The van der Waals surface area contributed by atoms with E-state index in [2.05, 4.69) is 0 Å². The van der Waals surface area contributed by atoms with E-state index in [1.54, 1.807) is 0 Å². The zero-order valence-electron chi connectivity index (χ0n) is 2.54. The van der Waals surface area contributed by atoms with E-state index < -0.39 is 16.5 Å². The van der Waals surface area contributed by atoms with E-state index >= 15 is 0 Å². The van der Waals surface area contributed by atoms with Gasteiger partial charge in [-0.3, -0.25) is 0 Å². The van der Waals surface area contributed by atoms with Crippen LogP contribution in [0.15, 0.2) is 0 Å². The number of hydrogen-bond donors (Lipinski definition) is 0. The molecule has 44 valence electrons. The van der Waals surface area contributed by atoms with Gasteiger partial charge in [0.1, 0.15) is 0 Å². The van der Waals surface area contributed by atoms with Crippen LogP contribution in [-0.2, 0) is 16.5 Å². The summed E-state index contributed by atoms with van der Waals surface area (Å²) in [5.41, 5.74) is 0. The van der Waals surface area contributed by atoms with Gasteiger partial charge in [-0.15, -0.1) is 23.2 Å². The zero-order chi connectivity index (χ0) is 5.41. The monoisotopic (exact) mass is 349 g/mol. The first-order chi connectivity index (χ1) is 2.83. The van der Waals surface area contributed by atoms with Gasteiger partial charge >= 0.3 is 35.3 Å². The average molecular weight is 351 g/mol. The summed E-state index contributed by atoms with van der Waals surface area (Å²) in [4.78, 5) is 0. The maximum atomic E-state index is 4.88. The Morgan fingerprint density at radius 2 is 1.17 bits per heavy atom. The molecule has 0 aliphatic carbocycles. The molecular formula is CH2Cl4Pt. The van der Waals surface area contributed by atoms with Crippen molar-refractivity contribution >= 4 is 42.0 Å². The van der Waals surface area contributed by atoms with Crippen LogP contribution in [-0.4, -0.2) is 5.34 Å². The molecule has 0 rings (SSSR count). The van der Waals surface area contributed by atoms with Crippen LogP contribution in [0.2, 0.25) is 0 Å². The van der Waals surface area contributed by atoms with E-state index in [1.807, 2.05) is 0 Å². The molecule has 0 amide bonds. The van der Waals surface area contributed by atoms with Gasteiger partial charge in [-0.25, -0.2) is 0 Å². The molecule has 0 spiro atoms. The minimum absolute atomic E-state index is 0.194. The summed E-state index contributed by atoms with van der Waals surface area (Å²) in [7, 11) is 9.75. The van der Waals surface area contributed by atoms with Crippen molar-refractivity contribution in [2.45, 2.75) is 0 Å². The van der Waals surface area contributed by atoms with Crippen LogP contribution in [0.25, 0.3) is 0 Å². The summed E-state index contributed by atoms with van der Waals surface area (Å²) in [6.07, 6.45) is 0. The van der Waals surface area contributed by atoms with Crippen LogP contribution < -0.4 is 0 Å². The third-order valence-electron chi connectivity index (χ3n) is 0. The van der Waals surface area contributed by atoms with Crippen LogP contribution in [0.4, 0.5) is 0 Å². The van der Waals surface area contributed by atoms with Gasteiger partial charge in [-0.2, -0.15) is 0 Å². The average Bonchev–Trinajstić information content (AvgIpc) is 1.39. The molecule has 0 bridgehead atoms. The fourth-order valence-electron chi connectivity index (χ4n) is 0. The molecular weight excluding hydrogens is 349 g/mol. The molecule has 0 aromatic heterocycles. The number of halogens is 4. The van der Waals surface area contributed by atoms with Crippen molar-refractivity contribution in [2.75, 3.05) is 5.34 Å². The standard InChI is InChI=1S/CH2Cl2.2ClH.Pt/c2-1-3;;;/h1H2;2*1H;/q;;;+2/p-2. The Hall–Kier alpha value is 1.85. The van der Waals surface area contributed by atoms with E-state index in [1.165, 1.54) is 0 Å². The molecule has 0 nitrogen and oxygen atoms in total. The molecule has 0 saturated carbocycles. The Kier molecular flexibility index (Phi) is 28.4. The first-order valence-electron chi connectivity index (χ1n) is 0.774. The van der Waals surface area contributed by atoms with Crippen molar-refractivity contribution in [3.8, 4) is 0 Å². The molecule has 0 aromatic carbocycles. The Bertz CT molecular complexity index is 9.51. The van der Waals surface area contributed by atoms with Gasteiger partial charge in [0.2, 0.25) is 0 Å². The summed E-state index contributed by atoms with van der Waals surface area (Å²) < 4.78 is 0. The van der Waals surface area contributed by atoms with Gasteiger partial charge in [-0.1, -0.05) is 0 Å².